The molecule has 2 aromatic carbocycles. The van der Waals surface area contributed by atoms with E-state index in [1.165, 1.54) is 31.5 Å². The van der Waals surface area contributed by atoms with Crippen molar-refractivity contribution in [2.45, 2.75) is 13.8 Å². The molecule has 0 unspecified atom stereocenters. The first-order valence-electron chi connectivity index (χ1n) is 7.09. The largest absolute Gasteiger partial charge is 0.247 e. The molecule has 0 aliphatic rings. The standard InChI is InChI=1S/C19H15NS/c1-12-11-17(20-16-9-5-3-7-14(12)16)19-13(2)15-8-4-6-10-18(15)21-19/h3-11H,1-2H3. The van der Waals surface area contributed by atoms with Crippen molar-refractivity contribution in [2.24, 2.45) is 0 Å². The van der Waals surface area contributed by atoms with Crippen molar-refractivity contribution < 1.29 is 0 Å². The van der Waals surface area contributed by atoms with Crippen LogP contribution in [0.2, 0.25) is 0 Å². The van der Waals surface area contributed by atoms with E-state index >= 15 is 0 Å². The molecule has 0 aliphatic carbocycles. The summed E-state index contributed by atoms with van der Waals surface area (Å²) < 4.78 is 1.33. The number of benzene rings is 2. The lowest BCUT2D eigenvalue weighted by atomic mass is 10.1. The van der Waals surface area contributed by atoms with Gasteiger partial charge >= 0.3 is 0 Å². The summed E-state index contributed by atoms with van der Waals surface area (Å²) in [5.41, 5.74) is 4.78. The average molecular weight is 289 g/mol. The summed E-state index contributed by atoms with van der Waals surface area (Å²) in [5, 5.41) is 2.57. The molecule has 0 amide bonds. The third-order valence-electron chi connectivity index (χ3n) is 4.00. The Hall–Kier alpha value is -2.19. The number of nitrogens with zero attached hydrogens (tertiary/aromatic N) is 1. The highest BCUT2D eigenvalue weighted by molar-refractivity contribution is 7.22. The third kappa shape index (κ3) is 1.95. The van der Waals surface area contributed by atoms with E-state index in [1.54, 1.807) is 0 Å². The van der Waals surface area contributed by atoms with Crippen LogP contribution in [0.4, 0.5) is 0 Å². The van der Waals surface area contributed by atoms with E-state index in [1.807, 2.05) is 11.3 Å². The van der Waals surface area contributed by atoms with Gasteiger partial charge in [-0.3, -0.25) is 0 Å². The van der Waals surface area contributed by atoms with Crippen molar-refractivity contribution in [3.63, 3.8) is 0 Å². The Morgan fingerprint density at radius 1 is 0.857 bits per heavy atom. The zero-order valence-electron chi connectivity index (χ0n) is 12.1. The SMILES string of the molecule is Cc1cc(-c2sc3ccccc3c2C)nc2ccccc12. The second-order valence-corrected chi connectivity index (χ2v) is 6.45. The summed E-state index contributed by atoms with van der Waals surface area (Å²) in [6.45, 7) is 4.36. The zero-order valence-corrected chi connectivity index (χ0v) is 12.9. The molecule has 102 valence electrons. The van der Waals surface area contributed by atoms with Gasteiger partial charge in [0.2, 0.25) is 0 Å². The minimum absolute atomic E-state index is 1.07. The van der Waals surface area contributed by atoms with Crippen LogP contribution in [0.5, 0.6) is 0 Å². The fraction of sp³-hybridized carbons (Fsp3) is 0.105. The maximum Gasteiger partial charge on any atom is 0.0815 e. The van der Waals surface area contributed by atoms with Crippen LogP contribution in [0.1, 0.15) is 11.1 Å². The molecule has 0 N–H and O–H groups in total. The van der Waals surface area contributed by atoms with Crippen LogP contribution < -0.4 is 0 Å². The molecule has 0 fully saturated rings. The van der Waals surface area contributed by atoms with E-state index in [9.17, 15) is 0 Å². The summed E-state index contributed by atoms with van der Waals surface area (Å²) >= 11 is 1.83. The van der Waals surface area contributed by atoms with E-state index in [4.69, 9.17) is 4.98 Å². The predicted octanol–water partition coefficient (Wildman–Crippen LogP) is 5.73. The van der Waals surface area contributed by atoms with Gasteiger partial charge in [0.1, 0.15) is 0 Å². The van der Waals surface area contributed by atoms with Gasteiger partial charge < -0.3 is 0 Å². The number of aryl methyl sites for hydroxylation is 2. The molecular formula is C19H15NS. The molecule has 2 heterocycles. The van der Waals surface area contributed by atoms with Crippen molar-refractivity contribution in [2.75, 3.05) is 0 Å². The molecule has 2 heteroatoms. The molecule has 0 saturated heterocycles. The zero-order chi connectivity index (χ0) is 14.4. The monoisotopic (exact) mass is 289 g/mol. The minimum atomic E-state index is 1.07. The molecule has 2 aromatic heterocycles. The highest BCUT2D eigenvalue weighted by Crippen LogP contribution is 2.38. The van der Waals surface area contributed by atoms with Crippen LogP contribution in [0, 0.1) is 13.8 Å². The van der Waals surface area contributed by atoms with Crippen molar-refractivity contribution in [1.29, 1.82) is 0 Å². The Kier molecular flexibility index (Phi) is 2.79. The predicted molar refractivity (Wildman–Crippen MR) is 92.0 cm³/mol. The summed E-state index contributed by atoms with van der Waals surface area (Å²) in [6, 6.07) is 19.1. The highest BCUT2D eigenvalue weighted by Gasteiger charge is 2.12. The molecule has 0 saturated carbocycles. The van der Waals surface area contributed by atoms with Crippen LogP contribution in [0.15, 0.2) is 54.6 Å². The number of thiophene rings is 1. The molecule has 4 aromatic rings. The Bertz CT molecular complexity index is 966. The Labute approximate surface area is 127 Å². The van der Waals surface area contributed by atoms with Crippen molar-refractivity contribution in [1.82, 2.24) is 4.98 Å². The molecule has 0 aliphatic heterocycles. The Morgan fingerprint density at radius 3 is 2.38 bits per heavy atom. The van der Waals surface area contributed by atoms with Gasteiger partial charge in [-0.2, -0.15) is 0 Å². The normalized spacial score (nSPS) is 11.3. The minimum Gasteiger partial charge on any atom is -0.247 e. The van der Waals surface area contributed by atoms with Crippen LogP contribution in [0.25, 0.3) is 31.6 Å². The first kappa shape index (κ1) is 12.5. The van der Waals surface area contributed by atoms with E-state index in [0.29, 0.717) is 0 Å². The first-order valence-corrected chi connectivity index (χ1v) is 7.90. The van der Waals surface area contributed by atoms with Gasteiger partial charge in [0.05, 0.1) is 16.1 Å². The lowest BCUT2D eigenvalue weighted by Gasteiger charge is -2.06. The quantitative estimate of drug-likeness (QED) is 0.436. The molecule has 0 atom stereocenters. The molecular weight excluding hydrogens is 274 g/mol. The second kappa shape index (κ2) is 4.68. The van der Waals surface area contributed by atoms with Gasteiger partial charge in [0.25, 0.3) is 0 Å². The number of para-hydroxylation sites is 1. The fourth-order valence-corrected chi connectivity index (χ4v) is 4.05. The van der Waals surface area contributed by atoms with Gasteiger partial charge in [0.15, 0.2) is 0 Å². The fourth-order valence-electron chi connectivity index (χ4n) is 2.88. The molecule has 0 spiro atoms. The lowest BCUT2D eigenvalue weighted by Crippen LogP contribution is -1.88. The second-order valence-electron chi connectivity index (χ2n) is 5.39. The molecule has 0 bridgehead atoms. The van der Waals surface area contributed by atoms with Crippen LogP contribution in [-0.4, -0.2) is 4.98 Å². The van der Waals surface area contributed by atoms with E-state index < -0.39 is 0 Å². The Morgan fingerprint density at radius 2 is 1.57 bits per heavy atom. The molecule has 0 radical (unpaired) electrons. The topological polar surface area (TPSA) is 12.9 Å². The summed E-state index contributed by atoms with van der Waals surface area (Å²) in [4.78, 5) is 6.16. The number of hydrogen-bond donors (Lipinski definition) is 0. The summed E-state index contributed by atoms with van der Waals surface area (Å²) in [5.74, 6) is 0. The third-order valence-corrected chi connectivity index (χ3v) is 5.29. The lowest BCUT2D eigenvalue weighted by molar-refractivity contribution is 1.37. The first-order chi connectivity index (χ1) is 10.2. The number of hydrogen-bond acceptors (Lipinski definition) is 2. The summed E-state index contributed by atoms with van der Waals surface area (Å²) in [6.07, 6.45) is 0. The molecule has 21 heavy (non-hydrogen) atoms. The van der Waals surface area contributed by atoms with E-state index in [2.05, 4.69) is 68.4 Å². The maximum atomic E-state index is 4.87. The van der Waals surface area contributed by atoms with Gasteiger partial charge in [-0.15, -0.1) is 11.3 Å². The van der Waals surface area contributed by atoms with Crippen molar-refractivity contribution in [3.8, 4) is 10.6 Å². The Balaban J connectivity index is 2.02. The number of pyridine rings is 1. The van der Waals surface area contributed by atoms with Gasteiger partial charge in [0, 0.05) is 10.1 Å². The number of aromatic nitrogens is 1. The van der Waals surface area contributed by atoms with Crippen LogP contribution >= 0.6 is 11.3 Å². The van der Waals surface area contributed by atoms with Crippen LogP contribution in [0.3, 0.4) is 0 Å². The van der Waals surface area contributed by atoms with Crippen LogP contribution in [-0.2, 0) is 0 Å². The summed E-state index contributed by atoms with van der Waals surface area (Å²) in [7, 11) is 0. The average Bonchev–Trinajstić information content (AvgIpc) is 2.85. The molecule has 4 rings (SSSR count). The number of fused-ring (bicyclic) bond motifs is 2. The van der Waals surface area contributed by atoms with Gasteiger partial charge in [-0.1, -0.05) is 36.4 Å². The van der Waals surface area contributed by atoms with Gasteiger partial charge in [-0.05, 0) is 48.6 Å². The smallest absolute Gasteiger partial charge is 0.0815 e. The van der Waals surface area contributed by atoms with E-state index in [-0.39, 0.29) is 0 Å². The number of rotatable bonds is 1. The maximum absolute atomic E-state index is 4.87. The highest BCUT2D eigenvalue weighted by atomic mass is 32.1. The molecule has 1 nitrogen and oxygen atoms in total. The van der Waals surface area contributed by atoms with E-state index in [0.717, 1.165) is 11.2 Å². The van der Waals surface area contributed by atoms with Gasteiger partial charge in [-0.25, -0.2) is 4.98 Å². The van der Waals surface area contributed by atoms with Crippen molar-refractivity contribution in [3.05, 3.63) is 65.7 Å². The van der Waals surface area contributed by atoms with Crippen molar-refractivity contribution >= 4 is 32.3 Å².